The first-order valence-electron chi connectivity index (χ1n) is 4.98. The molecule has 0 unspecified atom stereocenters. The van der Waals surface area contributed by atoms with Crippen molar-refractivity contribution in [2.75, 3.05) is 18.2 Å². The number of hydrogen-bond donors (Lipinski definition) is 2. The molecule has 1 aromatic carbocycles. The van der Waals surface area contributed by atoms with E-state index in [2.05, 4.69) is 47.1 Å². The number of anilines is 3. The largest absolute Gasteiger partial charge is 0.495 e. The lowest BCUT2D eigenvalue weighted by Gasteiger charge is -2.10. The fourth-order valence-corrected chi connectivity index (χ4v) is 2.06. The summed E-state index contributed by atoms with van der Waals surface area (Å²) < 4.78 is 6.74. The third kappa shape index (κ3) is 2.73. The Hall–Kier alpha value is -1.34. The molecule has 0 atom stereocenters. The van der Waals surface area contributed by atoms with Crippen molar-refractivity contribution >= 4 is 49.2 Å². The average Bonchev–Trinajstić information content (AvgIpc) is 2.37. The smallest absolute Gasteiger partial charge is 0.150 e. The molecule has 2 aromatic rings. The average molecular weight is 374 g/mol. The van der Waals surface area contributed by atoms with E-state index < -0.39 is 0 Å². The van der Waals surface area contributed by atoms with Crippen molar-refractivity contribution < 1.29 is 4.74 Å². The van der Waals surface area contributed by atoms with E-state index in [1.54, 1.807) is 7.11 Å². The lowest BCUT2D eigenvalue weighted by atomic mass is 10.3. The molecule has 0 amide bonds. The normalized spacial score (nSPS) is 10.2. The van der Waals surface area contributed by atoms with Crippen molar-refractivity contribution in [1.82, 2.24) is 9.97 Å². The number of nitrogens with one attached hydrogen (secondary N) is 1. The molecule has 1 heterocycles. The minimum absolute atomic E-state index is 0.386. The molecule has 0 fully saturated rings. The maximum atomic E-state index is 5.68. The van der Waals surface area contributed by atoms with Crippen LogP contribution in [-0.4, -0.2) is 17.1 Å². The summed E-state index contributed by atoms with van der Waals surface area (Å²) in [6.07, 6.45) is 1.40. The molecule has 94 valence electrons. The summed E-state index contributed by atoms with van der Waals surface area (Å²) in [5.41, 5.74) is 6.53. The van der Waals surface area contributed by atoms with Crippen LogP contribution in [0.15, 0.2) is 33.5 Å². The second-order valence-corrected chi connectivity index (χ2v) is 5.04. The van der Waals surface area contributed by atoms with E-state index in [1.807, 2.05) is 18.2 Å². The zero-order chi connectivity index (χ0) is 13.1. The molecule has 18 heavy (non-hydrogen) atoms. The summed E-state index contributed by atoms with van der Waals surface area (Å²) >= 11 is 6.73. The first kappa shape index (κ1) is 13.1. The van der Waals surface area contributed by atoms with E-state index >= 15 is 0 Å². The molecule has 1 aromatic heterocycles. The molecule has 7 heteroatoms. The number of nitrogen functional groups attached to an aromatic ring is 1. The highest BCUT2D eigenvalue weighted by molar-refractivity contribution is 9.11. The Morgan fingerprint density at radius 1 is 1.28 bits per heavy atom. The Morgan fingerprint density at radius 2 is 2.06 bits per heavy atom. The zero-order valence-electron chi connectivity index (χ0n) is 9.45. The van der Waals surface area contributed by atoms with Gasteiger partial charge in [0.2, 0.25) is 0 Å². The standard InChI is InChI=1S/C11H10Br2N4O/c1-18-8-4-6(2-3-7(8)12)17-11-9(13)10(14)15-5-16-11/h2-5H,1H3,(H3,14,15,16,17). The Labute approximate surface area is 121 Å². The fraction of sp³-hybridized carbons (Fsp3) is 0.0909. The van der Waals surface area contributed by atoms with E-state index in [4.69, 9.17) is 10.5 Å². The number of aromatic nitrogens is 2. The monoisotopic (exact) mass is 372 g/mol. The maximum Gasteiger partial charge on any atom is 0.150 e. The van der Waals surface area contributed by atoms with Gasteiger partial charge in [0.05, 0.1) is 11.6 Å². The highest BCUT2D eigenvalue weighted by Gasteiger charge is 2.07. The van der Waals surface area contributed by atoms with E-state index in [0.717, 1.165) is 15.9 Å². The predicted octanol–water partition coefficient (Wildman–Crippen LogP) is 3.34. The molecular formula is C11H10Br2N4O. The molecule has 0 aliphatic heterocycles. The van der Waals surface area contributed by atoms with Gasteiger partial charge in [-0.05, 0) is 44.0 Å². The first-order chi connectivity index (χ1) is 8.61. The highest BCUT2D eigenvalue weighted by Crippen LogP contribution is 2.31. The molecule has 2 rings (SSSR count). The predicted molar refractivity (Wildman–Crippen MR) is 78.1 cm³/mol. The van der Waals surface area contributed by atoms with Crippen LogP contribution in [0.1, 0.15) is 0 Å². The molecule has 0 saturated heterocycles. The van der Waals surface area contributed by atoms with Gasteiger partial charge in [0, 0.05) is 11.8 Å². The molecule has 0 aliphatic carbocycles. The number of ether oxygens (including phenoxy) is 1. The van der Waals surface area contributed by atoms with E-state index in [1.165, 1.54) is 6.33 Å². The molecule has 0 bridgehead atoms. The van der Waals surface area contributed by atoms with Gasteiger partial charge < -0.3 is 15.8 Å². The third-order valence-electron chi connectivity index (χ3n) is 2.23. The third-order valence-corrected chi connectivity index (χ3v) is 3.67. The van der Waals surface area contributed by atoms with Gasteiger partial charge in [-0.3, -0.25) is 0 Å². The molecule has 0 radical (unpaired) electrons. The number of halogens is 2. The molecular weight excluding hydrogens is 364 g/mol. The number of rotatable bonds is 3. The van der Waals surface area contributed by atoms with Crippen LogP contribution in [-0.2, 0) is 0 Å². The summed E-state index contributed by atoms with van der Waals surface area (Å²) in [5, 5.41) is 3.14. The summed E-state index contributed by atoms with van der Waals surface area (Å²) in [5.74, 6) is 1.72. The van der Waals surface area contributed by atoms with Gasteiger partial charge >= 0.3 is 0 Å². The molecule has 0 saturated carbocycles. The van der Waals surface area contributed by atoms with Crippen LogP contribution in [0.2, 0.25) is 0 Å². The summed E-state index contributed by atoms with van der Waals surface area (Å²) in [6, 6.07) is 5.64. The fourth-order valence-electron chi connectivity index (χ4n) is 1.34. The van der Waals surface area contributed by atoms with Crippen LogP contribution in [0.5, 0.6) is 5.75 Å². The number of methoxy groups -OCH3 is 1. The lowest BCUT2D eigenvalue weighted by molar-refractivity contribution is 0.412. The molecule has 3 N–H and O–H groups in total. The van der Waals surface area contributed by atoms with Crippen molar-refractivity contribution in [3.63, 3.8) is 0 Å². The van der Waals surface area contributed by atoms with Gasteiger partial charge in [0.25, 0.3) is 0 Å². The van der Waals surface area contributed by atoms with Crippen LogP contribution in [0.3, 0.4) is 0 Å². The van der Waals surface area contributed by atoms with Crippen LogP contribution in [0, 0.1) is 0 Å². The molecule has 5 nitrogen and oxygen atoms in total. The first-order valence-corrected chi connectivity index (χ1v) is 6.57. The van der Waals surface area contributed by atoms with Gasteiger partial charge in [-0.2, -0.15) is 0 Å². The van der Waals surface area contributed by atoms with Crippen molar-refractivity contribution in [2.45, 2.75) is 0 Å². The van der Waals surface area contributed by atoms with Crippen LogP contribution < -0.4 is 15.8 Å². The van der Waals surface area contributed by atoms with Gasteiger partial charge in [-0.25, -0.2) is 9.97 Å². The van der Waals surface area contributed by atoms with Gasteiger partial charge in [0.1, 0.15) is 28.2 Å². The van der Waals surface area contributed by atoms with E-state index in [9.17, 15) is 0 Å². The van der Waals surface area contributed by atoms with Gasteiger partial charge in [-0.15, -0.1) is 0 Å². The Bertz CT molecular complexity index is 577. The Morgan fingerprint density at radius 3 is 2.78 bits per heavy atom. The van der Waals surface area contributed by atoms with Gasteiger partial charge in [-0.1, -0.05) is 0 Å². The van der Waals surface area contributed by atoms with Crippen molar-refractivity contribution in [3.8, 4) is 5.75 Å². The Kier molecular flexibility index (Phi) is 4.03. The van der Waals surface area contributed by atoms with E-state index in [-0.39, 0.29) is 0 Å². The Balaban J connectivity index is 2.31. The number of benzene rings is 1. The van der Waals surface area contributed by atoms with Crippen LogP contribution >= 0.6 is 31.9 Å². The van der Waals surface area contributed by atoms with E-state index in [0.29, 0.717) is 16.1 Å². The highest BCUT2D eigenvalue weighted by atomic mass is 79.9. The molecule has 0 spiro atoms. The topological polar surface area (TPSA) is 73.1 Å². The molecule has 0 aliphatic rings. The SMILES string of the molecule is COc1cc(Nc2ncnc(N)c2Br)ccc1Br. The van der Waals surface area contributed by atoms with Crippen molar-refractivity contribution in [3.05, 3.63) is 33.5 Å². The van der Waals surface area contributed by atoms with Crippen molar-refractivity contribution in [1.29, 1.82) is 0 Å². The van der Waals surface area contributed by atoms with Gasteiger partial charge in [0.15, 0.2) is 0 Å². The number of nitrogens with zero attached hydrogens (tertiary/aromatic N) is 2. The van der Waals surface area contributed by atoms with Crippen LogP contribution in [0.4, 0.5) is 17.3 Å². The summed E-state index contributed by atoms with van der Waals surface area (Å²) in [7, 11) is 1.61. The second kappa shape index (κ2) is 5.53. The summed E-state index contributed by atoms with van der Waals surface area (Å²) in [6.45, 7) is 0. The van der Waals surface area contributed by atoms with Crippen molar-refractivity contribution in [2.24, 2.45) is 0 Å². The lowest BCUT2D eigenvalue weighted by Crippen LogP contribution is -2.00. The number of nitrogens with two attached hydrogens (primary N) is 1. The minimum atomic E-state index is 0.386. The van der Waals surface area contributed by atoms with Crippen LogP contribution in [0.25, 0.3) is 0 Å². The second-order valence-electron chi connectivity index (χ2n) is 3.40. The zero-order valence-corrected chi connectivity index (χ0v) is 12.6. The number of hydrogen-bond acceptors (Lipinski definition) is 5. The maximum absolute atomic E-state index is 5.68. The quantitative estimate of drug-likeness (QED) is 0.863. The minimum Gasteiger partial charge on any atom is -0.495 e. The summed E-state index contributed by atoms with van der Waals surface area (Å²) in [4.78, 5) is 7.99.